The van der Waals surface area contributed by atoms with E-state index in [1.54, 1.807) is 0 Å². The minimum absolute atomic E-state index is 0.219. The molecule has 5 heteroatoms. The molecule has 1 aliphatic rings. The van der Waals surface area contributed by atoms with Gasteiger partial charge in [0.15, 0.2) is 0 Å². The van der Waals surface area contributed by atoms with E-state index in [2.05, 4.69) is 27.7 Å². The van der Waals surface area contributed by atoms with Crippen molar-refractivity contribution >= 4 is 11.0 Å². The number of benzene rings is 1. The lowest BCUT2D eigenvalue weighted by molar-refractivity contribution is 0.0369. The zero-order valence-corrected chi connectivity index (χ0v) is 13.1. The van der Waals surface area contributed by atoms with Gasteiger partial charge in [-0.2, -0.15) is 0 Å². The molecule has 1 fully saturated rings. The molecule has 1 aliphatic heterocycles. The molecule has 120 valence electrons. The van der Waals surface area contributed by atoms with Gasteiger partial charge < -0.3 is 14.4 Å². The summed E-state index contributed by atoms with van der Waals surface area (Å²) in [6.45, 7) is 6.11. The summed E-state index contributed by atoms with van der Waals surface area (Å²) in [6, 6.07) is 8.30. The number of para-hydroxylation sites is 2. The molecule has 22 heavy (non-hydrogen) atoms. The zero-order valence-electron chi connectivity index (χ0n) is 13.1. The lowest BCUT2D eigenvalue weighted by atomic mass is 10.3. The van der Waals surface area contributed by atoms with Crippen LogP contribution in [-0.4, -0.2) is 59.0 Å². The van der Waals surface area contributed by atoms with Gasteiger partial charge in [0, 0.05) is 39.2 Å². The second-order valence-corrected chi connectivity index (χ2v) is 5.80. The molecule has 3 rings (SSSR count). The first-order valence-electron chi connectivity index (χ1n) is 8.23. The third kappa shape index (κ3) is 3.66. The third-order valence-corrected chi connectivity index (χ3v) is 4.25. The van der Waals surface area contributed by atoms with Crippen LogP contribution in [0.25, 0.3) is 11.0 Å². The highest BCUT2D eigenvalue weighted by Crippen LogP contribution is 2.18. The molecule has 0 radical (unpaired) electrons. The number of ether oxygens (including phenoxy) is 1. The highest BCUT2D eigenvalue weighted by molar-refractivity contribution is 5.75. The topological polar surface area (TPSA) is 50.5 Å². The summed E-state index contributed by atoms with van der Waals surface area (Å²) in [6.07, 6.45) is 2.72. The van der Waals surface area contributed by atoms with Gasteiger partial charge in [0.25, 0.3) is 0 Å². The minimum atomic E-state index is 0.219. The van der Waals surface area contributed by atoms with E-state index in [0.717, 1.165) is 70.0 Å². The molecule has 1 N–H and O–H groups in total. The van der Waals surface area contributed by atoms with E-state index in [0.29, 0.717) is 0 Å². The molecule has 0 bridgehead atoms. The van der Waals surface area contributed by atoms with Crippen molar-refractivity contribution in [3.8, 4) is 0 Å². The largest absolute Gasteiger partial charge is 0.396 e. The van der Waals surface area contributed by atoms with Gasteiger partial charge in [-0.1, -0.05) is 12.1 Å². The molecule has 2 heterocycles. The zero-order chi connectivity index (χ0) is 15.2. The number of aromatic nitrogens is 2. The van der Waals surface area contributed by atoms with Crippen LogP contribution in [0.2, 0.25) is 0 Å². The quantitative estimate of drug-likeness (QED) is 0.845. The number of imidazole rings is 1. The van der Waals surface area contributed by atoms with E-state index in [1.165, 1.54) is 5.52 Å². The summed E-state index contributed by atoms with van der Waals surface area (Å²) in [7, 11) is 0. The summed E-state index contributed by atoms with van der Waals surface area (Å²) in [4.78, 5) is 7.20. The number of hydrogen-bond donors (Lipinski definition) is 1. The molecule has 0 unspecified atom stereocenters. The van der Waals surface area contributed by atoms with Crippen molar-refractivity contribution in [1.82, 2.24) is 14.5 Å². The first kappa shape index (κ1) is 15.5. The lowest BCUT2D eigenvalue weighted by Gasteiger charge is -2.26. The Morgan fingerprint density at radius 3 is 2.73 bits per heavy atom. The molecular formula is C17H25N3O2. The van der Waals surface area contributed by atoms with Gasteiger partial charge in [0.05, 0.1) is 24.2 Å². The Bertz CT molecular complexity index is 591. The van der Waals surface area contributed by atoms with Gasteiger partial charge in [0.2, 0.25) is 0 Å². The number of rotatable bonds is 7. The van der Waals surface area contributed by atoms with Crippen LogP contribution >= 0.6 is 0 Å². The van der Waals surface area contributed by atoms with E-state index in [4.69, 9.17) is 14.8 Å². The van der Waals surface area contributed by atoms with E-state index < -0.39 is 0 Å². The fraction of sp³-hybridized carbons (Fsp3) is 0.588. The number of aliphatic hydroxyl groups is 1. The summed E-state index contributed by atoms with van der Waals surface area (Å²) in [5.74, 6) is 1.09. The van der Waals surface area contributed by atoms with Gasteiger partial charge in [-0.05, 0) is 25.0 Å². The van der Waals surface area contributed by atoms with Crippen molar-refractivity contribution in [2.45, 2.75) is 25.8 Å². The monoisotopic (exact) mass is 303 g/mol. The maximum atomic E-state index is 9.08. The first-order valence-corrected chi connectivity index (χ1v) is 8.23. The number of aryl methyl sites for hydroxylation is 2. The normalized spacial score (nSPS) is 16.4. The molecule has 0 amide bonds. The fourth-order valence-electron chi connectivity index (χ4n) is 3.08. The predicted octanol–water partition coefficient (Wildman–Crippen LogP) is 1.68. The highest BCUT2D eigenvalue weighted by atomic mass is 16.5. The number of fused-ring (bicyclic) bond motifs is 1. The Balaban J connectivity index is 1.67. The SMILES string of the molecule is OCCCc1nc2ccccc2n1CCCN1CCOCC1. The fourth-order valence-corrected chi connectivity index (χ4v) is 3.08. The summed E-state index contributed by atoms with van der Waals surface area (Å²) in [5, 5.41) is 9.08. The predicted molar refractivity (Wildman–Crippen MR) is 87.0 cm³/mol. The average Bonchev–Trinajstić information content (AvgIpc) is 2.92. The molecule has 1 aromatic carbocycles. The number of nitrogens with zero attached hydrogens (tertiary/aromatic N) is 3. The van der Waals surface area contributed by atoms with Gasteiger partial charge in [-0.15, -0.1) is 0 Å². The van der Waals surface area contributed by atoms with E-state index >= 15 is 0 Å². The number of hydrogen-bond acceptors (Lipinski definition) is 4. The van der Waals surface area contributed by atoms with Crippen LogP contribution < -0.4 is 0 Å². The molecule has 0 spiro atoms. The summed E-state index contributed by atoms with van der Waals surface area (Å²) in [5.41, 5.74) is 2.26. The van der Waals surface area contributed by atoms with Crippen LogP contribution in [-0.2, 0) is 17.7 Å². The minimum Gasteiger partial charge on any atom is -0.396 e. The second-order valence-electron chi connectivity index (χ2n) is 5.80. The van der Waals surface area contributed by atoms with Gasteiger partial charge >= 0.3 is 0 Å². The molecule has 1 saturated heterocycles. The first-order chi connectivity index (χ1) is 10.9. The second kappa shape index (κ2) is 7.72. The Kier molecular flexibility index (Phi) is 5.43. The van der Waals surface area contributed by atoms with Crippen LogP contribution in [0.4, 0.5) is 0 Å². The van der Waals surface area contributed by atoms with Crippen LogP contribution in [0.15, 0.2) is 24.3 Å². The number of morpholine rings is 1. The van der Waals surface area contributed by atoms with Crippen LogP contribution in [0, 0.1) is 0 Å². The van der Waals surface area contributed by atoms with E-state index in [9.17, 15) is 0 Å². The van der Waals surface area contributed by atoms with E-state index in [-0.39, 0.29) is 6.61 Å². The van der Waals surface area contributed by atoms with Crippen molar-refractivity contribution in [3.63, 3.8) is 0 Å². The lowest BCUT2D eigenvalue weighted by Crippen LogP contribution is -2.37. The average molecular weight is 303 g/mol. The van der Waals surface area contributed by atoms with Crippen LogP contribution in [0.1, 0.15) is 18.7 Å². The Labute approximate surface area is 131 Å². The van der Waals surface area contributed by atoms with Crippen LogP contribution in [0.3, 0.4) is 0 Å². The van der Waals surface area contributed by atoms with Gasteiger partial charge in [-0.3, -0.25) is 4.90 Å². The molecular weight excluding hydrogens is 278 g/mol. The van der Waals surface area contributed by atoms with E-state index in [1.807, 2.05) is 6.07 Å². The van der Waals surface area contributed by atoms with Crippen LogP contribution in [0.5, 0.6) is 0 Å². The van der Waals surface area contributed by atoms with Crippen molar-refractivity contribution in [2.24, 2.45) is 0 Å². The van der Waals surface area contributed by atoms with Crippen molar-refractivity contribution < 1.29 is 9.84 Å². The summed E-state index contributed by atoms with van der Waals surface area (Å²) >= 11 is 0. The molecule has 0 saturated carbocycles. The van der Waals surface area contributed by atoms with Gasteiger partial charge in [-0.25, -0.2) is 4.98 Å². The van der Waals surface area contributed by atoms with Gasteiger partial charge in [0.1, 0.15) is 5.82 Å². The smallest absolute Gasteiger partial charge is 0.109 e. The molecule has 0 aliphatic carbocycles. The standard InChI is InChI=1S/C17H25N3O2/c21-12-3-7-17-18-15-5-1-2-6-16(15)20(17)9-4-8-19-10-13-22-14-11-19/h1-2,5-6,21H,3-4,7-14H2. The Hall–Kier alpha value is -1.43. The highest BCUT2D eigenvalue weighted by Gasteiger charge is 2.12. The third-order valence-electron chi connectivity index (χ3n) is 4.25. The van der Waals surface area contributed by atoms with Crippen molar-refractivity contribution in [1.29, 1.82) is 0 Å². The maximum Gasteiger partial charge on any atom is 0.109 e. The maximum absolute atomic E-state index is 9.08. The van der Waals surface area contributed by atoms with Crippen molar-refractivity contribution in [3.05, 3.63) is 30.1 Å². The van der Waals surface area contributed by atoms with Crippen molar-refractivity contribution in [2.75, 3.05) is 39.5 Å². The molecule has 0 atom stereocenters. The molecule has 5 nitrogen and oxygen atoms in total. The number of aliphatic hydroxyl groups excluding tert-OH is 1. The Morgan fingerprint density at radius 2 is 1.91 bits per heavy atom. The Morgan fingerprint density at radius 1 is 1.09 bits per heavy atom. The summed E-state index contributed by atoms with van der Waals surface area (Å²) < 4.78 is 7.72. The molecule has 2 aromatic rings. The molecule has 1 aromatic heterocycles.